The van der Waals surface area contributed by atoms with Crippen LogP contribution in [0.25, 0.3) is 0 Å². The molecule has 0 fully saturated rings. The number of hydrogen-bond donors (Lipinski definition) is 1. The molecule has 70 valence electrons. The van der Waals surface area contributed by atoms with Crippen LogP contribution < -0.4 is 4.72 Å². The van der Waals surface area contributed by atoms with Crippen molar-refractivity contribution in [3.63, 3.8) is 0 Å². The van der Waals surface area contributed by atoms with Gasteiger partial charge in [-0.1, -0.05) is 11.6 Å². The van der Waals surface area contributed by atoms with Gasteiger partial charge in [-0.2, -0.15) is 0 Å². The normalized spacial score (nSPS) is 17.9. The first-order valence-corrected chi connectivity index (χ1v) is 6.09. The second kappa shape index (κ2) is 4.05. The lowest BCUT2D eigenvalue weighted by Gasteiger charge is -2.02. The predicted octanol–water partition coefficient (Wildman–Crippen LogP) is 1.04. The first-order valence-electron chi connectivity index (χ1n) is 4.20. The molecule has 1 aliphatic carbocycles. The van der Waals surface area contributed by atoms with Gasteiger partial charge in [-0.15, -0.1) is 0 Å². The molecule has 0 heterocycles. The molecule has 0 atom stereocenters. The lowest BCUT2D eigenvalue weighted by atomic mass is 10.2. The fraction of sp³-hybridized carbons (Fsp3) is 0.750. The van der Waals surface area contributed by atoms with Gasteiger partial charge < -0.3 is 0 Å². The van der Waals surface area contributed by atoms with Crippen molar-refractivity contribution in [2.75, 3.05) is 12.8 Å². The summed E-state index contributed by atoms with van der Waals surface area (Å²) < 4.78 is 23.8. The molecule has 0 unspecified atom stereocenters. The molecule has 0 bridgehead atoms. The van der Waals surface area contributed by atoms with Crippen LogP contribution in [-0.2, 0) is 10.0 Å². The Bertz CT molecular complexity index is 267. The molecule has 0 aromatic carbocycles. The first kappa shape index (κ1) is 9.74. The summed E-state index contributed by atoms with van der Waals surface area (Å²) in [6, 6.07) is 0. The van der Waals surface area contributed by atoms with Gasteiger partial charge in [0.05, 0.1) is 6.26 Å². The Kier molecular flexibility index (Phi) is 3.29. The van der Waals surface area contributed by atoms with E-state index in [0.717, 1.165) is 19.3 Å². The van der Waals surface area contributed by atoms with Gasteiger partial charge in [0, 0.05) is 6.54 Å². The summed E-state index contributed by atoms with van der Waals surface area (Å²) in [5.74, 6) is 0. The second-order valence-corrected chi connectivity index (χ2v) is 5.00. The smallest absolute Gasteiger partial charge is 0.208 e. The van der Waals surface area contributed by atoms with Crippen molar-refractivity contribution >= 4 is 10.0 Å². The lowest BCUT2D eigenvalue weighted by molar-refractivity contribution is 0.587. The van der Waals surface area contributed by atoms with E-state index in [1.54, 1.807) is 0 Å². The standard InChI is InChI=1S/C8H15NO2S/c1-12(10,11)9-7-6-8-4-2-3-5-8/h4,9H,2-3,5-7H2,1H3. The quantitative estimate of drug-likeness (QED) is 0.671. The number of allylic oxidation sites excluding steroid dienone is 1. The Morgan fingerprint density at radius 3 is 2.83 bits per heavy atom. The second-order valence-electron chi connectivity index (χ2n) is 3.17. The van der Waals surface area contributed by atoms with Crippen LogP contribution in [0.15, 0.2) is 11.6 Å². The number of sulfonamides is 1. The van der Waals surface area contributed by atoms with Gasteiger partial charge in [0.1, 0.15) is 0 Å². The van der Waals surface area contributed by atoms with Crippen LogP contribution in [0.5, 0.6) is 0 Å². The van der Waals surface area contributed by atoms with Crippen molar-refractivity contribution in [2.45, 2.75) is 25.7 Å². The summed E-state index contributed by atoms with van der Waals surface area (Å²) in [7, 11) is -2.99. The van der Waals surface area contributed by atoms with E-state index in [4.69, 9.17) is 0 Å². The van der Waals surface area contributed by atoms with Crippen molar-refractivity contribution in [1.82, 2.24) is 4.72 Å². The molecule has 1 rings (SSSR count). The molecule has 3 nitrogen and oxygen atoms in total. The molecule has 0 spiro atoms. The Labute approximate surface area is 73.9 Å². The Morgan fingerprint density at radius 1 is 1.58 bits per heavy atom. The third-order valence-electron chi connectivity index (χ3n) is 1.95. The minimum Gasteiger partial charge on any atom is -0.215 e. The zero-order valence-corrected chi connectivity index (χ0v) is 8.15. The summed E-state index contributed by atoms with van der Waals surface area (Å²) in [5.41, 5.74) is 1.39. The SMILES string of the molecule is CS(=O)(=O)NCCC1=CCCC1. The maximum absolute atomic E-state index is 10.7. The van der Waals surface area contributed by atoms with Crippen molar-refractivity contribution in [3.8, 4) is 0 Å². The van der Waals surface area contributed by atoms with Gasteiger partial charge in [0.2, 0.25) is 10.0 Å². The lowest BCUT2D eigenvalue weighted by Crippen LogP contribution is -2.23. The van der Waals surface area contributed by atoms with E-state index in [9.17, 15) is 8.42 Å². The summed E-state index contributed by atoms with van der Waals surface area (Å²) in [6.45, 7) is 0.546. The molecular weight excluding hydrogens is 174 g/mol. The highest BCUT2D eigenvalue weighted by Gasteiger charge is 2.05. The van der Waals surface area contributed by atoms with Crippen LogP contribution >= 0.6 is 0 Å². The third kappa shape index (κ3) is 3.88. The van der Waals surface area contributed by atoms with E-state index in [-0.39, 0.29) is 0 Å². The summed E-state index contributed by atoms with van der Waals surface area (Å²) >= 11 is 0. The van der Waals surface area contributed by atoms with Gasteiger partial charge in [-0.3, -0.25) is 0 Å². The highest BCUT2D eigenvalue weighted by molar-refractivity contribution is 7.88. The van der Waals surface area contributed by atoms with Crippen molar-refractivity contribution in [3.05, 3.63) is 11.6 Å². The monoisotopic (exact) mass is 189 g/mol. The molecular formula is C8H15NO2S. The molecule has 1 N–H and O–H groups in total. The molecule has 0 saturated carbocycles. The molecule has 0 aromatic heterocycles. The predicted molar refractivity (Wildman–Crippen MR) is 49.4 cm³/mol. The van der Waals surface area contributed by atoms with Crippen LogP contribution in [0.4, 0.5) is 0 Å². The maximum atomic E-state index is 10.7. The van der Waals surface area contributed by atoms with Gasteiger partial charge in [0.15, 0.2) is 0 Å². The Hall–Kier alpha value is -0.350. The van der Waals surface area contributed by atoms with Crippen LogP contribution in [0.2, 0.25) is 0 Å². The van der Waals surface area contributed by atoms with Crippen molar-refractivity contribution < 1.29 is 8.42 Å². The summed E-state index contributed by atoms with van der Waals surface area (Å²) in [6.07, 6.45) is 7.81. The fourth-order valence-electron chi connectivity index (χ4n) is 1.36. The van der Waals surface area contributed by atoms with E-state index < -0.39 is 10.0 Å². The highest BCUT2D eigenvalue weighted by atomic mass is 32.2. The van der Waals surface area contributed by atoms with E-state index >= 15 is 0 Å². The number of hydrogen-bond acceptors (Lipinski definition) is 2. The number of rotatable bonds is 4. The van der Waals surface area contributed by atoms with Crippen LogP contribution in [0.1, 0.15) is 25.7 Å². The Balaban J connectivity index is 2.18. The molecule has 0 aromatic rings. The molecule has 0 amide bonds. The van der Waals surface area contributed by atoms with Gasteiger partial charge in [-0.25, -0.2) is 13.1 Å². The highest BCUT2D eigenvalue weighted by Crippen LogP contribution is 2.19. The summed E-state index contributed by atoms with van der Waals surface area (Å²) in [5, 5.41) is 0. The van der Waals surface area contributed by atoms with Gasteiger partial charge in [0.25, 0.3) is 0 Å². The van der Waals surface area contributed by atoms with Crippen LogP contribution in [0, 0.1) is 0 Å². The summed E-state index contributed by atoms with van der Waals surface area (Å²) in [4.78, 5) is 0. The zero-order chi connectivity index (χ0) is 9.03. The molecule has 1 aliphatic rings. The fourth-order valence-corrected chi connectivity index (χ4v) is 1.83. The third-order valence-corrected chi connectivity index (χ3v) is 2.67. The topological polar surface area (TPSA) is 46.2 Å². The largest absolute Gasteiger partial charge is 0.215 e. The van der Waals surface area contributed by atoms with E-state index in [1.807, 2.05) is 0 Å². The Morgan fingerprint density at radius 2 is 2.33 bits per heavy atom. The molecule has 0 aliphatic heterocycles. The first-order chi connectivity index (χ1) is 5.58. The van der Waals surface area contributed by atoms with Crippen molar-refractivity contribution in [1.29, 1.82) is 0 Å². The van der Waals surface area contributed by atoms with Crippen LogP contribution in [0.3, 0.4) is 0 Å². The average molecular weight is 189 g/mol. The van der Waals surface area contributed by atoms with Crippen molar-refractivity contribution in [2.24, 2.45) is 0 Å². The van der Waals surface area contributed by atoms with Crippen LogP contribution in [-0.4, -0.2) is 21.2 Å². The zero-order valence-electron chi connectivity index (χ0n) is 7.34. The molecule has 4 heteroatoms. The molecule has 0 saturated heterocycles. The average Bonchev–Trinajstić information content (AvgIpc) is 2.36. The van der Waals surface area contributed by atoms with Gasteiger partial charge in [-0.05, 0) is 25.7 Å². The maximum Gasteiger partial charge on any atom is 0.208 e. The van der Waals surface area contributed by atoms with E-state index in [2.05, 4.69) is 10.8 Å². The van der Waals surface area contributed by atoms with Gasteiger partial charge >= 0.3 is 0 Å². The van der Waals surface area contributed by atoms with E-state index in [0.29, 0.717) is 6.54 Å². The van der Waals surface area contributed by atoms with E-state index in [1.165, 1.54) is 18.2 Å². The number of nitrogens with one attached hydrogen (secondary N) is 1. The minimum absolute atomic E-state index is 0.546. The minimum atomic E-state index is -2.99. The molecule has 0 radical (unpaired) electrons. The molecule has 12 heavy (non-hydrogen) atoms.